The van der Waals surface area contributed by atoms with Crippen LogP contribution in [0.1, 0.15) is 37.7 Å². The van der Waals surface area contributed by atoms with Crippen molar-refractivity contribution in [1.82, 2.24) is 0 Å². The Kier molecular flexibility index (Phi) is 4.53. The first-order chi connectivity index (χ1) is 10.7. The van der Waals surface area contributed by atoms with E-state index in [1.165, 1.54) is 12.5 Å². The fraction of sp³-hybridized carbons (Fsp3) is 0.389. The summed E-state index contributed by atoms with van der Waals surface area (Å²) in [5.41, 5.74) is 0.445. The molecule has 116 valence electrons. The van der Waals surface area contributed by atoms with Crippen LogP contribution in [0.15, 0.2) is 42.2 Å². The van der Waals surface area contributed by atoms with Gasteiger partial charge in [-0.1, -0.05) is 42.3 Å². The fourth-order valence-corrected chi connectivity index (χ4v) is 3.28. The SMILES string of the molecule is O=C1C=C(OC/C=C/c2ccccc2Cl)C2(CCCCC2)O1. The molecule has 4 heteroatoms. The molecule has 1 aromatic carbocycles. The normalized spacial score (nSPS) is 20.2. The summed E-state index contributed by atoms with van der Waals surface area (Å²) in [6.45, 7) is 0.398. The molecule has 0 atom stereocenters. The summed E-state index contributed by atoms with van der Waals surface area (Å²) in [7, 11) is 0. The zero-order valence-corrected chi connectivity index (χ0v) is 13.1. The van der Waals surface area contributed by atoms with Crippen LogP contribution in [0.3, 0.4) is 0 Å². The fourth-order valence-electron chi connectivity index (χ4n) is 3.08. The van der Waals surface area contributed by atoms with Gasteiger partial charge in [0.1, 0.15) is 12.4 Å². The lowest BCUT2D eigenvalue weighted by Gasteiger charge is -2.33. The van der Waals surface area contributed by atoms with Crippen LogP contribution in [0.25, 0.3) is 6.08 Å². The zero-order chi connectivity index (χ0) is 15.4. The van der Waals surface area contributed by atoms with Crippen molar-refractivity contribution in [2.24, 2.45) is 0 Å². The number of esters is 1. The number of ether oxygens (including phenoxy) is 2. The van der Waals surface area contributed by atoms with Gasteiger partial charge in [-0.15, -0.1) is 0 Å². The van der Waals surface area contributed by atoms with E-state index in [-0.39, 0.29) is 5.97 Å². The van der Waals surface area contributed by atoms with E-state index in [4.69, 9.17) is 21.1 Å². The number of carbonyl (C=O) groups excluding carboxylic acids is 1. The summed E-state index contributed by atoms with van der Waals surface area (Å²) in [5, 5.41) is 0.709. The second-order valence-corrected chi connectivity index (χ2v) is 6.13. The van der Waals surface area contributed by atoms with E-state index in [1.807, 2.05) is 36.4 Å². The lowest BCUT2D eigenvalue weighted by atomic mass is 9.84. The topological polar surface area (TPSA) is 35.5 Å². The number of rotatable bonds is 4. The summed E-state index contributed by atoms with van der Waals surface area (Å²) in [5.74, 6) is 0.396. The second-order valence-electron chi connectivity index (χ2n) is 5.72. The van der Waals surface area contributed by atoms with Crippen molar-refractivity contribution in [3.05, 3.63) is 52.8 Å². The minimum absolute atomic E-state index is 0.285. The maximum absolute atomic E-state index is 11.6. The smallest absolute Gasteiger partial charge is 0.335 e. The van der Waals surface area contributed by atoms with Crippen LogP contribution in [0.4, 0.5) is 0 Å². The highest BCUT2D eigenvalue weighted by atomic mass is 35.5. The van der Waals surface area contributed by atoms with E-state index in [9.17, 15) is 4.79 Å². The van der Waals surface area contributed by atoms with Gasteiger partial charge in [0, 0.05) is 5.02 Å². The van der Waals surface area contributed by atoms with Crippen molar-refractivity contribution in [2.45, 2.75) is 37.7 Å². The van der Waals surface area contributed by atoms with E-state index < -0.39 is 5.60 Å². The molecule has 1 spiro atoms. The molecule has 1 saturated carbocycles. The Morgan fingerprint density at radius 1 is 1.23 bits per heavy atom. The lowest BCUT2D eigenvalue weighted by molar-refractivity contribution is -0.150. The highest BCUT2D eigenvalue weighted by molar-refractivity contribution is 6.32. The molecule has 3 rings (SSSR count). The van der Waals surface area contributed by atoms with Crippen molar-refractivity contribution in [3.8, 4) is 0 Å². The molecule has 3 nitrogen and oxygen atoms in total. The van der Waals surface area contributed by atoms with Gasteiger partial charge in [-0.05, 0) is 43.4 Å². The molecule has 0 radical (unpaired) electrons. The number of halogens is 1. The van der Waals surface area contributed by atoms with Crippen molar-refractivity contribution in [3.63, 3.8) is 0 Å². The van der Waals surface area contributed by atoms with E-state index in [0.29, 0.717) is 17.4 Å². The summed E-state index contributed by atoms with van der Waals surface area (Å²) in [6, 6.07) is 7.64. The molecule has 1 aliphatic carbocycles. The number of hydrogen-bond acceptors (Lipinski definition) is 3. The molecule has 0 bridgehead atoms. The summed E-state index contributed by atoms with van der Waals surface area (Å²) in [4.78, 5) is 11.6. The predicted octanol–water partition coefficient (Wildman–Crippen LogP) is 4.51. The first-order valence-electron chi connectivity index (χ1n) is 7.69. The lowest BCUT2D eigenvalue weighted by Crippen LogP contribution is -2.35. The van der Waals surface area contributed by atoms with E-state index >= 15 is 0 Å². The van der Waals surface area contributed by atoms with Crippen molar-refractivity contribution in [2.75, 3.05) is 6.61 Å². The largest absolute Gasteiger partial charge is 0.489 e. The average Bonchev–Trinajstić information content (AvgIpc) is 2.81. The number of hydrogen-bond donors (Lipinski definition) is 0. The Hall–Kier alpha value is -1.74. The molecule has 1 fully saturated rings. The molecule has 0 N–H and O–H groups in total. The summed E-state index contributed by atoms with van der Waals surface area (Å²) in [6.07, 6.45) is 10.4. The maximum Gasteiger partial charge on any atom is 0.335 e. The van der Waals surface area contributed by atoms with Crippen LogP contribution in [-0.4, -0.2) is 18.2 Å². The van der Waals surface area contributed by atoms with E-state index in [1.54, 1.807) is 0 Å². The Morgan fingerprint density at radius 3 is 2.77 bits per heavy atom. The molecule has 0 aromatic heterocycles. The van der Waals surface area contributed by atoms with Gasteiger partial charge in [-0.3, -0.25) is 0 Å². The summed E-state index contributed by atoms with van der Waals surface area (Å²) < 4.78 is 11.3. The van der Waals surface area contributed by atoms with E-state index in [2.05, 4.69) is 0 Å². The minimum atomic E-state index is -0.506. The number of benzene rings is 1. The maximum atomic E-state index is 11.6. The van der Waals surface area contributed by atoms with Gasteiger partial charge in [0.05, 0.1) is 6.08 Å². The van der Waals surface area contributed by atoms with Gasteiger partial charge < -0.3 is 9.47 Å². The Balaban J connectivity index is 1.62. The van der Waals surface area contributed by atoms with Crippen LogP contribution in [-0.2, 0) is 14.3 Å². The third-order valence-electron chi connectivity index (χ3n) is 4.19. The minimum Gasteiger partial charge on any atom is -0.489 e. The summed E-state index contributed by atoms with van der Waals surface area (Å²) >= 11 is 6.10. The zero-order valence-electron chi connectivity index (χ0n) is 12.4. The highest BCUT2D eigenvalue weighted by Crippen LogP contribution is 2.41. The Morgan fingerprint density at radius 2 is 2.00 bits per heavy atom. The molecule has 0 amide bonds. The van der Waals surface area contributed by atoms with Crippen molar-refractivity contribution < 1.29 is 14.3 Å². The van der Waals surface area contributed by atoms with Gasteiger partial charge >= 0.3 is 5.97 Å². The number of carbonyl (C=O) groups is 1. The van der Waals surface area contributed by atoms with Gasteiger partial charge in [-0.2, -0.15) is 0 Å². The Labute approximate surface area is 135 Å². The quantitative estimate of drug-likeness (QED) is 0.766. The first-order valence-corrected chi connectivity index (χ1v) is 8.06. The monoisotopic (exact) mass is 318 g/mol. The van der Waals surface area contributed by atoms with Crippen LogP contribution >= 0.6 is 11.6 Å². The molecule has 1 heterocycles. The van der Waals surface area contributed by atoms with Crippen LogP contribution in [0.5, 0.6) is 0 Å². The van der Waals surface area contributed by atoms with Gasteiger partial charge in [0.25, 0.3) is 0 Å². The van der Waals surface area contributed by atoms with Gasteiger partial charge in [-0.25, -0.2) is 4.79 Å². The standard InChI is InChI=1S/C18H19ClO3/c19-15-9-3-2-7-14(15)8-6-12-21-16-13-17(20)22-18(16)10-4-1-5-11-18/h2-3,6-9,13H,1,4-5,10-12H2/b8-6+. The van der Waals surface area contributed by atoms with E-state index in [0.717, 1.165) is 31.2 Å². The van der Waals surface area contributed by atoms with Crippen LogP contribution in [0.2, 0.25) is 5.02 Å². The molecule has 2 aliphatic rings. The first kappa shape index (κ1) is 15.2. The molecular weight excluding hydrogens is 300 g/mol. The Bertz CT molecular complexity index is 613. The molecule has 0 saturated heterocycles. The molecular formula is C18H19ClO3. The molecule has 1 aromatic rings. The average molecular weight is 319 g/mol. The molecule has 22 heavy (non-hydrogen) atoms. The van der Waals surface area contributed by atoms with Crippen molar-refractivity contribution in [1.29, 1.82) is 0 Å². The van der Waals surface area contributed by atoms with Crippen LogP contribution < -0.4 is 0 Å². The molecule has 1 aliphatic heterocycles. The van der Waals surface area contributed by atoms with Gasteiger partial charge in [0.15, 0.2) is 5.60 Å². The third kappa shape index (κ3) is 3.20. The second kappa shape index (κ2) is 6.57. The van der Waals surface area contributed by atoms with Crippen molar-refractivity contribution >= 4 is 23.6 Å². The predicted molar refractivity (Wildman–Crippen MR) is 86.4 cm³/mol. The van der Waals surface area contributed by atoms with Gasteiger partial charge in [0.2, 0.25) is 0 Å². The van der Waals surface area contributed by atoms with Crippen LogP contribution in [0, 0.1) is 0 Å². The highest BCUT2D eigenvalue weighted by Gasteiger charge is 2.45. The molecule has 0 unspecified atom stereocenters. The third-order valence-corrected chi connectivity index (χ3v) is 4.54.